The monoisotopic (exact) mass is 245 g/mol. The van der Waals surface area contributed by atoms with Gasteiger partial charge in [0.2, 0.25) is 0 Å². The van der Waals surface area contributed by atoms with E-state index in [1.54, 1.807) is 0 Å². The van der Waals surface area contributed by atoms with E-state index in [-0.39, 0.29) is 17.7 Å². The van der Waals surface area contributed by atoms with Crippen LogP contribution in [0.4, 0.5) is 0 Å². The van der Waals surface area contributed by atoms with Crippen LogP contribution in [-0.2, 0) is 9.47 Å². The van der Waals surface area contributed by atoms with Crippen LogP contribution in [0, 0.1) is 0 Å². The van der Waals surface area contributed by atoms with E-state index in [9.17, 15) is 0 Å². The van der Waals surface area contributed by atoms with Gasteiger partial charge >= 0.3 is 0 Å². The Kier molecular flexibility index (Phi) is 8.83. The zero-order valence-corrected chi connectivity index (χ0v) is 12.5. The third kappa shape index (κ3) is 5.36. The third-order valence-corrected chi connectivity index (χ3v) is 3.31. The molecule has 1 atom stereocenters. The number of hydrogen-bond donors (Lipinski definition) is 1. The highest BCUT2D eigenvalue weighted by atomic mass is 16.5. The third-order valence-electron chi connectivity index (χ3n) is 3.31. The summed E-state index contributed by atoms with van der Waals surface area (Å²) in [6.07, 6.45) is 2.29. The predicted octanol–water partition coefficient (Wildman–Crippen LogP) is 2.98. The fraction of sp³-hybridized carbons (Fsp3) is 1.00. The average Bonchev–Trinajstić information content (AvgIpc) is 2.31. The van der Waals surface area contributed by atoms with Crippen molar-refractivity contribution in [2.45, 2.75) is 72.1 Å². The number of hydrogen-bond acceptors (Lipinski definition) is 3. The van der Waals surface area contributed by atoms with Gasteiger partial charge in [0.1, 0.15) is 0 Å². The Morgan fingerprint density at radius 3 is 2.00 bits per heavy atom. The molecule has 0 rings (SSSR count). The van der Waals surface area contributed by atoms with Crippen LogP contribution in [0.3, 0.4) is 0 Å². The van der Waals surface area contributed by atoms with E-state index < -0.39 is 0 Å². The molecule has 0 saturated heterocycles. The van der Waals surface area contributed by atoms with E-state index in [1.165, 1.54) is 0 Å². The molecule has 0 aromatic heterocycles. The largest absolute Gasteiger partial charge is 0.377 e. The van der Waals surface area contributed by atoms with Crippen molar-refractivity contribution >= 4 is 0 Å². The summed E-state index contributed by atoms with van der Waals surface area (Å²) in [6.45, 7) is 15.1. The van der Waals surface area contributed by atoms with E-state index in [4.69, 9.17) is 9.47 Å². The first-order valence-electron chi connectivity index (χ1n) is 7.05. The smallest absolute Gasteiger partial charge is 0.0851 e. The lowest BCUT2D eigenvalue weighted by Crippen LogP contribution is -2.54. The first-order chi connectivity index (χ1) is 8.06. The molecule has 0 aliphatic heterocycles. The first-order valence-corrected chi connectivity index (χ1v) is 7.05. The second kappa shape index (κ2) is 8.90. The van der Waals surface area contributed by atoms with Gasteiger partial charge in [0.25, 0.3) is 0 Å². The molecule has 3 heteroatoms. The zero-order valence-electron chi connectivity index (χ0n) is 12.5. The Morgan fingerprint density at radius 1 is 1.06 bits per heavy atom. The highest BCUT2D eigenvalue weighted by molar-refractivity contribution is 4.91. The van der Waals surface area contributed by atoms with Crippen molar-refractivity contribution < 1.29 is 9.47 Å². The summed E-state index contributed by atoms with van der Waals surface area (Å²) in [5.41, 5.74) is -0.0976. The van der Waals surface area contributed by atoms with Crippen LogP contribution in [0.1, 0.15) is 54.4 Å². The number of nitrogens with one attached hydrogen (secondary N) is 1. The first kappa shape index (κ1) is 16.9. The summed E-state index contributed by atoms with van der Waals surface area (Å²) in [7, 11) is 0. The lowest BCUT2D eigenvalue weighted by molar-refractivity contribution is -0.0944. The Morgan fingerprint density at radius 2 is 1.65 bits per heavy atom. The Balaban J connectivity index is 4.68. The van der Waals surface area contributed by atoms with Gasteiger partial charge in [-0.2, -0.15) is 0 Å². The highest BCUT2D eigenvalue weighted by Gasteiger charge is 2.36. The number of ether oxygens (including phenoxy) is 2. The van der Waals surface area contributed by atoms with Crippen molar-refractivity contribution in [3.63, 3.8) is 0 Å². The van der Waals surface area contributed by atoms with Crippen LogP contribution in [0.5, 0.6) is 0 Å². The fourth-order valence-electron chi connectivity index (χ4n) is 2.27. The summed E-state index contributed by atoms with van der Waals surface area (Å²) < 4.78 is 11.8. The number of likely N-dealkylation sites (N-methyl/N-ethyl adjacent to an activating group) is 1. The average molecular weight is 245 g/mol. The van der Waals surface area contributed by atoms with Gasteiger partial charge in [-0.3, -0.25) is 0 Å². The summed E-state index contributed by atoms with van der Waals surface area (Å²) in [5, 5.41) is 3.52. The molecule has 104 valence electrons. The van der Waals surface area contributed by atoms with Gasteiger partial charge in [-0.05, 0) is 40.2 Å². The van der Waals surface area contributed by atoms with Crippen molar-refractivity contribution in [3.8, 4) is 0 Å². The minimum atomic E-state index is -0.0976. The van der Waals surface area contributed by atoms with E-state index in [0.717, 1.165) is 26.0 Å². The van der Waals surface area contributed by atoms with Crippen LogP contribution in [0.15, 0.2) is 0 Å². The van der Waals surface area contributed by atoms with E-state index in [2.05, 4.69) is 46.9 Å². The molecule has 1 N–H and O–H groups in total. The molecule has 0 aromatic rings. The minimum Gasteiger partial charge on any atom is -0.377 e. The lowest BCUT2D eigenvalue weighted by Gasteiger charge is -2.40. The van der Waals surface area contributed by atoms with Gasteiger partial charge < -0.3 is 14.8 Å². The van der Waals surface area contributed by atoms with Gasteiger partial charge in [-0.25, -0.2) is 0 Å². The second-order valence-corrected chi connectivity index (χ2v) is 4.70. The summed E-state index contributed by atoms with van der Waals surface area (Å²) >= 11 is 0. The van der Waals surface area contributed by atoms with E-state index in [1.807, 2.05) is 0 Å². The molecule has 17 heavy (non-hydrogen) atoms. The summed E-state index contributed by atoms with van der Waals surface area (Å²) in [5.74, 6) is 0. The number of rotatable bonds is 10. The zero-order chi connectivity index (χ0) is 13.3. The maximum absolute atomic E-state index is 6.03. The SMILES string of the molecule is CCNC(COC(C)C)C(CC)(CC)OCC. The van der Waals surface area contributed by atoms with Crippen LogP contribution < -0.4 is 5.32 Å². The Labute approximate surface area is 107 Å². The minimum absolute atomic E-state index is 0.0976. The van der Waals surface area contributed by atoms with Gasteiger partial charge in [-0.1, -0.05) is 20.8 Å². The normalized spacial score (nSPS) is 14.3. The molecule has 0 spiro atoms. The quantitative estimate of drug-likeness (QED) is 0.642. The Hall–Kier alpha value is -0.120. The summed E-state index contributed by atoms with van der Waals surface area (Å²) in [4.78, 5) is 0. The molecule has 0 bridgehead atoms. The molecule has 0 heterocycles. The van der Waals surface area contributed by atoms with Crippen LogP contribution in [0.25, 0.3) is 0 Å². The summed E-state index contributed by atoms with van der Waals surface area (Å²) in [6, 6.07) is 0.268. The molecule has 3 nitrogen and oxygen atoms in total. The maximum atomic E-state index is 6.03. The highest BCUT2D eigenvalue weighted by Crippen LogP contribution is 2.25. The van der Waals surface area contributed by atoms with Crippen LogP contribution in [-0.4, -0.2) is 37.5 Å². The van der Waals surface area contributed by atoms with Crippen molar-refractivity contribution in [3.05, 3.63) is 0 Å². The lowest BCUT2D eigenvalue weighted by atomic mass is 9.88. The maximum Gasteiger partial charge on any atom is 0.0851 e. The molecule has 0 saturated carbocycles. The van der Waals surface area contributed by atoms with Crippen molar-refractivity contribution in [2.75, 3.05) is 19.8 Å². The predicted molar refractivity (Wildman–Crippen MR) is 73.5 cm³/mol. The van der Waals surface area contributed by atoms with Crippen LogP contribution in [0.2, 0.25) is 0 Å². The Bertz CT molecular complexity index is 179. The molecule has 0 aromatic carbocycles. The van der Waals surface area contributed by atoms with Gasteiger partial charge in [0.05, 0.1) is 24.4 Å². The van der Waals surface area contributed by atoms with Gasteiger partial charge in [0.15, 0.2) is 0 Å². The standard InChI is InChI=1S/C14H31NO2/c1-7-14(8-2,17-10-4)13(15-9-3)11-16-12(5)6/h12-13,15H,7-11H2,1-6H3. The van der Waals surface area contributed by atoms with Crippen molar-refractivity contribution in [1.29, 1.82) is 0 Å². The molecular weight excluding hydrogens is 214 g/mol. The topological polar surface area (TPSA) is 30.5 Å². The molecule has 1 unspecified atom stereocenters. The second-order valence-electron chi connectivity index (χ2n) is 4.70. The molecule has 0 aliphatic carbocycles. The molecule has 0 radical (unpaired) electrons. The van der Waals surface area contributed by atoms with E-state index in [0.29, 0.717) is 6.61 Å². The fourth-order valence-corrected chi connectivity index (χ4v) is 2.27. The van der Waals surface area contributed by atoms with Crippen molar-refractivity contribution in [2.24, 2.45) is 0 Å². The van der Waals surface area contributed by atoms with Crippen LogP contribution >= 0.6 is 0 Å². The molecule has 0 fully saturated rings. The molecular formula is C14H31NO2. The van der Waals surface area contributed by atoms with Gasteiger partial charge in [0, 0.05) is 6.61 Å². The van der Waals surface area contributed by atoms with Crippen molar-refractivity contribution in [1.82, 2.24) is 5.32 Å². The molecule has 0 amide bonds. The van der Waals surface area contributed by atoms with E-state index >= 15 is 0 Å². The molecule has 0 aliphatic rings. The van der Waals surface area contributed by atoms with Gasteiger partial charge in [-0.15, -0.1) is 0 Å².